The molecule has 1 aliphatic carbocycles. The molecule has 1 spiro atoms. The first-order chi connectivity index (χ1) is 13.1. The van der Waals surface area contributed by atoms with Crippen molar-refractivity contribution >= 4 is 11.8 Å². The molecule has 1 N–H and O–H groups in total. The van der Waals surface area contributed by atoms with Gasteiger partial charge in [-0.2, -0.15) is 0 Å². The number of rotatable bonds is 3. The molecule has 4 rings (SSSR count). The van der Waals surface area contributed by atoms with E-state index in [1.165, 1.54) is 32.1 Å². The van der Waals surface area contributed by atoms with Crippen molar-refractivity contribution in [2.75, 3.05) is 39.3 Å². The molecule has 0 radical (unpaired) electrons. The number of hydrogen-bond donors (Lipinski definition) is 1. The van der Waals surface area contributed by atoms with Crippen LogP contribution in [-0.4, -0.2) is 83.0 Å². The minimum absolute atomic E-state index is 0.0614. The number of hydrogen-bond acceptors (Lipinski definition) is 4. The van der Waals surface area contributed by atoms with Crippen LogP contribution in [0.3, 0.4) is 0 Å². The molecule has 0 aromatic carbocycles. The number of aliphatic hydroxyl groups excluding tert-OH is 1. The van der Waals surface area contributed by atoms with Crippen molar-refractivity contribution in [1.29, 1.82) is 0 Å². The number of aliphatic hydroxyl groups is 1. The van der Waals surface area contributed by atoms with Gasteiger partial charge in [0.1, 0.15) is 0 Å². The Balaban J connectivity index is 1.41. The van der Waals surface area contributed by atoms with Crippen LogP contribution in [0.5, 0.6) is 0 Å². The first-order valence-electron chi connectivity index (χ1n) is 11.1. The zero-order valence-electron chi connectivity index (χ0n) is 16.6. The Bertz CT molecular complexity index is 563. The molecule has 0 aromatic heterocycles. The minimum Gasteiger partial charge on any atom is -0.392 e. The fourth-order valence-corrected chi connectivity index (χ4v) is 5.85. The van der Waals surface area contributed by atoms with Crippen LogP contribution in [0.15, 0.2) is 0 Å². The van der Waals surface area contributed by atoms with Crippen molar-refractivity contribution < 1.29 is 14.7 Å². The van der Waals surface area contributed by atoms with Crippen LogP contribution in [0.25, 0.3) is 0 Å². The predicted octanol–water partition coefficient (Wildman–Crippen LogP) is 1.62. The predicted molar refractivity (Wildman–Crippen MR) is 103 cm³/mol. The van der Waals surface area contributed by atoms with Crippen molar-refractivity contribution in [3.63, 3.8) is 0 Å². The molecule has 3 heterocycles. The number of amides is 2. The maximum Gasteiger partial charge on any atom is 0.242 e. The molecule has 152 valence electrons. The molecule has 27 heavy (non-hydrogen) atoms. The summed E-state index contributed by atoms with van der Waals surface area (Å²) in [7, 11) is 0. The largest absolute Gasteiger partial charge is 0.392 e. The van der Waals surface area contributed by atoms with Gasteiger partial charge in [0.05, 0.1) is 12.6 Å². The molecular formula is C21H35N3O3. The molecule has 3 aliphatic heterocycles. The minimum atomic E-state index is -0.318. The number of carbonyl (C=O) groups is 2. The van der Waals surface area contributed by atoms with Gasteiger partial charge >= 0.3 is 0 Å². The fraction of sp³-hybridized carbons (Fsp3) is 0.905. The molecule has 0 bridgehead atoms. The molecule has 3 saturated heterocycles. The first kappa shape index (κ1) is 19.2. The van der Waals surface area contributed by atoms with Gasteiger partial charge in [-0.25, -0.2) is 0 Å². The van der Waals surface area contributed by atoms with Crippen LogP contribution >= 0.6 is 0 Å². The topological polar surface area (TPSA) is 64.1 Å². The Labute approximate surface area is 162 Å². The fourth-order valence-electron chi connectivity index (χ4n) is 5.85. The number of likely N-dealkylation sites (tertiary alicyclic amines) is 3. The number of piperidine rings is 2. The summed E-state index contributed by atoms with van der Waals surface area (Å²) in [6, 6.07) is 0.663. The maximum atomic E-state index is 12.9. The average Bonchev–Trinajstić information content (AvgIpc) is 3.09. The Hall–Kier alpha value is -1.14. The lowest BCUT2D eigenvalue weighted by Gasteiger charge is -2.53. The van der Waals surface area contributed by atoms with Crippen LogP contribution < -0.4 is 0 Å². The number of carbonyl (C=O) groups excluding carboxylic acids is 2. The van der Waals surface area contributed by atoms with E-state index in [0.717, 1.165) is 45.3 Å². The summed E-state index contributed by atoms with van der Waals surface area (Å²) in [5.41, 5.74) is -0.182. The van der Waals surface area contributed by atoms with Crippen LogP contribution in [0.1, 0.15) is 64.2 Å². The van der Waals surface area contributed by atoms with Crippen LogP contribution in [0.2, 0.25) is 0 Å². The summed E-state index contributed by atoms with van der Waals surface area (Å²) in [5.74, 6) is 0.169. The van der Waals surface area contributed by atoms with E-state index in [4.69, 9.17) is 0 Å². The Morgan fingerprint density at radius 1 is 1.00 bits per heavy atom. The lowest BCUT2D eigenvalue weighted by atomic mass is 9.71. The third kappa shape index (κ3) is 4.02. The highest BCUT2D eigenvalue weighted by molar-refractivity contribution is 5.86. The van der Waals surface area contributed by atoms with Crippen molar-refractivity contribution in [2.24, 2.45) is 5.41 Å². The van der Waals surface area contributed by atoms with Gasteiger partial charge < -0.3 is 14.9 Å². The van der Waals surface area contributed by atoms with Gasteiger partial charge in [-0.15, -0.1) is 0 Å². The second-order valence-corrected chi connectivity index (χ2v) is 9.27. The van der Waals surface area contributed by atoms with Crippen molar-refractivity contribution in [1.82, 2.24) is 14.7 Å². The highest BCUT2D eigenvalue weighted by Gasteiger charge is 2.47. The number of nitrogens with zero attached hydrogens (tertiary/aromatic N) is 3. The van der Waals surface area contributed by atoms with Crippen LogP contribution in [0, 0.1) is 5.41 Å². The van der Waals surface area contributed by atoms with E-state index in [1.54, 1.807) is 4.90 Å². The summed E-state index contributed by atoms with van der Waals surface area (Å²) < 4.78 is 0. The van der Waals surface area contributed by atoms with Gasteiger partial charge in [0.15, 0.2) is 0 Å². The maximum absolute atomic E-state index is 12.9. The van der Waals surface area contributed by atoms with E-state index in [2.05, 4.69) is 4.90 Å². The lowest BCUT2D eigenvalue weighted by Crippen LogP contribution is -2.61. The van der Waals surface area contributed by atoms with Gasteiger partial charge in [-0.1, -0.05) is 19.3 Å². The zero-order valence-corrected chi connectivity index (χ0v) is 16.6. The van der Waals surface area contributed by atoms with Gasteiger partial charge in [-0.05, 0) is 38.5 Å². The van der Waals surface area contributed by atoms with Crippen molar-refractivity contribution in [3.8, 4) is 0 Å². The van der Waals surface area contributed by atoms with E-state index in [1.807, 2.05) is 4.90 Å². The third-order valence-electron chi connectivity index (χ3n) is 7.46. The smallest absolute Gasteiger partial charge is 0.242 e. The summed E-state index contributed by atoms with van der Waals surface area (Å²) >= 11 is 0. The van der Waals surface area contributed by atoms with Gasteiger partial charge in [-0.3, -0.25) is 14.5 Å². The quantitative estimate of drug-likeness (QED) is 0.812. The SMILES string of the molecule is O=C1CCCN1CC(=O)N1CCC[C@]2(C1)CN(C1CCCCC1)CC[C@H]2O. The van der Waals surface area contributed by atoms with Crippen molar-refractivity contribution in [3.05, 3.63) is 0 Å². The summed E-state index contributed by atoms with van der Waals surface area (Å²) in [5, 5.41) is 10.9. The average molecular weight is 378 g/mol. The van der Waals surface area contributed by atoms with Gasteiger partial charge in [0, 0.05) is 50.6 Å². The lowest BCUT2D eigenvalue weighted by molar-refractivity contribution is -0.146. The Kier molecular flexibility index (Phi) is 5.74. The molecule has 4 aliphatic rings. The van der Waals surface area contributed by atoms with Gasteiger partial charge in [0.25, 0.3) is 0 Å². The second-order valence-electron chi connectivity index (χ2n) is 9.27. The standard InChI is InChI=1S/C21H35N3O3/c25-18-9-13-23(17-6-2-1-3-7-17)15-21(18)10-5-12-24(16-21)20(27)14-22-11-4-8-19(22)26/h17-18,25H,1-16H2/t18-,21-/m1/s1. The first-order valence-corrected chi connectivity index (χ1v) is 11.1. The molecule has 1 saturated carbocycles. The zero-order chi connectivity index (χ0) is 18.9. The monoisotopic (exact) mass is 377 g/mol. The summed E-state index contributed by atoms with van der Waals surface area (Å²) in [6.07, 6.45) is 10.5. The summed E-state index contributed by atoms with van der Waals surface area (Å²) in [6.45, 7) is 4.26. The molecule has 6 nitrogen and oxygen atoms in total. The molecule has 0 unspecified atom stereocenters. The van der Waals surface area contributed by atoms with E-state index >= 15 is 0 Å². The molecule has 2 atom stereocenters. The molecule has 6 heteroatoms. The molecule has 2 amide bonds. The normalized spacial score (nSPS) is 33.8. The Morgan fingerprint density at radius 2 is 1.81 bits per heavy atom. The molecule has 0 aromatic rings. The van der Waals surface area contributed by atoms with Crippen LogP contribution in [0.4, 0.5) is 0 Å². The molecule has 4 fully saturated rings. The van der Waals surface area contributed by atoms with E-state index in [0.29, 0.717) is 25.6 Å². The van der Waals surface area contributed by atoms with Crippen LogP contribution in [-0.2, 0) is 9.59 Å². The third-order valence-corrected chi connectivity index (χ3v) is 7.46. The molecular weight excluding hydrogens is 342 g/mol. The van der Waals surface area contributed by atoms with E-state index < -0.39 is 0 Å². The second kappa shape index (κ2) is 8.08. The highest BCUT2D eigenvalue weighted by Crippen LogP contribution is 2.40. The van der Waals surface area contributed by atoms with Gasteiger partial charge in [0.2, 0.25) is 11.8 Å². The van der Waals surface area contributed by atoms with Crippen molar-refractivity contribution in [2.45, 2.75) is 76.4 Å². The summed E-state index contributed by atoms with van der Waals surface area (Å²) in [4.78, 5) is 31.0. The Morgan fingerprint density at radius 3 is 2.56 bits per heavy atom. The van der Waals surface area contributed by atoms with E-state index in [-0.39, 0.29) is 29.9 Å². The highest BCUT2D eigenvalue weighted by atomic mass is 16.3. The van der Waals surface area contributed by atoms with E-state index in [9.17, 15) is 14.7 Å².